The number of nitrogens with one attached hydrogen (secondary N) is 1. The van der Waals surface area contributed by atoms with Gasteiger partial charge >= 0.3 is 0 Å². The lowest BCUT2D eigenvalue weighted by molar-refractivity contribution is -0.118. The van der Waals surface area contributed by atoms with Gasteiger partial charge in [-0.3, -0.25) is 4.79 Å². The maximum Gasteiger partial charge on any atom is 0.172 e. The molecular formula is C23H17NOS. The number of rotatable bonds is 3. The average molecular weight is 355 g/mol. The van der Waals surface area contributed by atoms with Crippen LogP contribution in [0.2, 0.25) is 0 Å². The van der Waals surface area contributed by atoms with E-state index >= 15 is 0 Å². The molecule has 0 amide bonds. The second-order valence-electron chi connectivity index (χ2n) is 6.64. The second-order valence-corrected chi connectivity index (χ2v) is 7.59. The smallest absolute Gasteiger partial charge is 0.172 e. The van der Waals surface area contributed by atoms with Gasteiger partial charge in [-0.2, -0.15) is 0 Å². The van der Waals surface area contributed by atoms with Crippen LogP contribution in [0.1, 0.15) is 21.9 Å². The Hall–Kier alpha value is -2.91. The van der Waals surface area contributed by atoms with Gasteiger partial charge in [0.2, 0.25) is 0 Å². The molecule has 2 heterocycles. The predicted molar refractivity (Wildman–Crippen MR) is 107 cm³/mol. The van der Waals surface area contributed by atoms with Gasteiger partial charge < -0.3 is 4.98 Å². The molecule has 2 nitrogen and oxygen atoms in total. The lowest BCUT2D eigenvalue weighted by Crippen LogP contribution is -2.37. The van der Waals surface area contributed by atoms with Gasteiger partial charge in [-0.25, -0.2) is 0 Å². The zero-order valence-corrected chi connectivity index (χ0v) is 14.9. The van der Waals surface area contributed by atoms with E-state index in [1.165, 1.54) is 10.9 Å². The van der Waals surface area contributed by atoms with E-state index in [4.69, 9.17) is 0 Å². The van der Waals surface area contributed by atoms with Gasteiger partial charge in [-0.15, -0.1) is 11.3 Å². The van der Waals surface area contributed by atoms with E-state index in [1.807, 2.05) is 30.3 Å². The van der Waals surface area contributed by atoms with Crippen molar-refractivity contribution in [2.45, 2.75) is 11.3 Å². The number of H-pyrrole nitrogens is 1. The van der Waals surface area contributed by atoms with Crippen molar-refractivity contribution in [2.24, 2.45) is 0 Å². The fourth-order valence-electron chi connectivity index (χ4n) is 4.24. The number of ketones is 1. The minimum absolute atomic E-state index is 0.0350. The number of aromatic nitrogens is 1. The summed E-state index contributed by atoms with van der Waals surface area (Å²) in [6.45, 7) is 0. The first-order valence-corrected chi connectivity index (χ1v) is 9.58. The molecule has 1 aliphatic carbocycles. The summed E-state index contributed by atoms with van der Waals surface area (Å²) in [5.41, 5.74) is 2.62. The highest BCUT2D eigenvalue weighted by molar-refractivity contribution is 7.10. The van der Waals surface area contributed by atoms with Crippen LogP contribution in [0.15, 0.2) is 90.5 Å². The molecule has 0 fully saturated rings. The SMILES string of the molecule is O=C1C=C[C@H](c2c[nH]c3ccccc23)[C@@]1(c1ccccc1)c1cccs1. The number of fused-ring (bicyclic) bond motifs is 1. The van der Waals surface area contributed by atoms with E-state index < -0.39 is 5.41 Å². The summed E-state index contributed by atoms with van der Waals surface area (Å²) in [4.78, 5) is 17.8. The molecule has 3 heteroatoms. The summed E-state index contributed by atoms with van der Waals surface area (Å²) in [6.07, 6.45) is 5.90. The first-order valence-electron chi connectivity index (χ1n) is 8.70. The van der Waals surface area contributed by atoms with Crippen molar-refractivity contribution in [1.82, 2.24) is 4.98 Å². The molecule has 0 aliphatic heterocycles. The molecule has 1 N–H and O–H groups in total. The van der Waals surface area contributed by atoms with E-state index in [9.17, 15) is 4.79 Å². The minimum Gasteiger partial charge on any atom is -0.361 e. The molecule has 2 aromatic heterocycles. The minimum atomic E-state index is -0.694. The molecule has 126 valence electrons. The van der Waals surface area contributed by atoms with Crippen LogP contribution in [0, 0.1) is 0 Å². The Labute approximate surface area is 155 Å². The summed E-state index contributed by atoms with van der Waals surface area (Å²) in [7, 11) is 0. The zero-order chi connectivity index (χ0) is 17.6. The Morgan fingerprint density at radius 3 is 2.54 bits per heavy atom. The van der Waals surface area contributed by atoms with Crippen molar-refractivity contribution in [3.63, 3.8) is 0 Å². The molecule has 1 aliphatic rings. The van der Waals surface area contributed by atoms with Gasteiger partial charge in [-0.1, -0.05) is 60.7 Å². The summed E-state index contributed by atoms with van der Waals surface area (Å²) in [5.74, 6) is 0.119. The third-order valence-electron chi connectivity index (χ3n) is 5.39. The second kappa shape index (κ2) is 5.82. The average Bonchev–Trinajstić information content (AvgIpc) is 3.41. The normalized spacial score (nSPS) is 22.3. The highest BCUT2D eigenvalue weighted by Crippen LogP contribution is 2.52. The standard InChI is InChI=1S/C23H17NOS/c25-21-13-12-19(18-15-24-20-10-5-4-9-17(18)20)23(21,22-11-6-14-26-22)16-7-2-1-3-8-16/h1-15,19,24H/t19-,23-/m1/s1. The van der Waals surface area contributed by atoms with Crippen LogP contribution in [-0.2, 0) is 10.2 Å². The Morgan fingerprint density at radius 1 is 0.923 bits per heavy atom. The van der Waals surface area contributed by atoms with E-state index in [0.717, 1.165) is 16.0 Å². The monoisotopic (exact) mass is 355 g/mol. The molecule has 2 atom stereocenters. The van der Waals surface area contributed by atoms with Crippen molar-refractivity contribution in [3.05, 3.63) is 106 Å². The quantitative estimate of drug-likeness (QED) is 0.522. The Balaban J connectivity index is 1.81. The molecule has 0 bridgehead atoms. The van der Waals surface area contributed by atoms with E-state index in [1.54, 1.807) is 17.4 Å². The van der Waals surface area contributed by atoms with Crippen LogP contribution in [0.3, 0.4) is 0 Å². The van der Waals surface area contributed by atoms with Crippen LogP contribution in [-0.4, -0.2) is 10.8 Å². The predicted octanol–water partition coefficient (Wildman–Crippen LogP) is 5.44. The lowest BCUT2D eigenvalue weighted by Gasteiger charge is -2.34. The molecule has 0 spiro atoms. The first-order chi connectivity index (χ1) is 12.8. The molecule has 0 saturated heterocycles. The fraction of sp³-hybridized carbons (Fsp3) is 0.0870. The van der Waals surface area contributed by atoms with Gasteiger partial charge in [0.05, 0.1) is 0 Å². The Morgan fingerprint density at radius 2 is 1.73 bits per heavy atom. The highest BCUT2D eigenvalue weighted by Gasteiger charge is 2.51. The van der Waals surface area contributed by atoms with Crippen LogP contribution >= 0.6 is 11.3 Å². The molecule has 26 heavy (non-hydrogen) atoms. The van der Waals surface area contributed by atoms with Gasteiger partial charge in [0.1, 0.15) is 5.41 Å². The summed E-state index contributed by atoms with van der Waals surface area (Å²) in [6, 6.07) is 22.6. The number of allylic oxidation sites excluding steroid dienone is 2. The Kier molecular flexibility index (Phi) is 3.44. The molecular weight excluding hydrogens is 338 g/mol. The van der Waals surface area contributed by atoms with Gasteiger partial charge in [-0.05, 0) is 34.7 Å². The van der Waals surface area contributed by atoms with Crippen LogP contribution < -0.4 is 0 Å². The number of hydrogen-bond acceptors (Lipinski definition) is 2. The maximum atomic E-state index is 13.3. The van der Waals surface area contributed by atoms with E-state index in [0.29, 0.717) is 0 Å². The van der Waals surface area contributed by atoms with Crippen molar-refractivity contribution < 1.29 is 4.79 Å². The van der Waals surface area contributed by atoms with Crippen molar-refractivity contribution in [3.8, 4) is 0 Å². The van der Waals surface area contributed by atoms with Crippen LogP contribution in [0.5, 0.6) is 0 Å². The fourth-order valence-corrected chi connectivity index (χ4v) is 5.24. The highest BCUT2D eigenvalue weighted by atomic mass is 32.1. The van der Waals surface area contributed by atoms with E-state index in [2.05, 4.69) is 59.0 Å². The number of hydrogen-bond donors (Lipinski definition) is 1. The van der Waals surface area contributed by atoms with Gasteiger partial charge in [0.25, 0.3) is 0 Å². The zero-order valence-electron chi connectivity index (χ0n) is 14.1. The third kappa shape index (κ3) is 2.01. The number of thiophene rings is 1. The summed E-state index contributed by atoms with van der Waals surface area (Å²) < 4.78 is 0. The maximum absolute atomic E-state index is 13.3. The molecule has 5 rings (SSSR count). The third-order valence-corrected chi connectivity index (χ3v) is 6.40. The number of para-hydroxylation sites is 1. The van der Waals surface area contributed by atoms with Crippen molar-refractivity contribution >= 4 is 28.0 Å². The summed E-state index contributed by atoms with van der Waals surface area (Å²) in [5, 5.41) is 3.23. The van der Waals surface area contributed by atoms with Crippen LogP contribution in [0.25, 0.3) is 10.9 Å². The summed E-state index contributed by atoms with van der Waals surface area (Å²) >= 11 is 1.65. The first kappa shape index (κ1) is 15.4. The largest absolute Gasteiger partial charge is 0.361 e. The number of carbonyl (C=O) groups excluding carboxylic acids is 1. The van der Waals surface area contributed by atoms with E-state index in [-0.39, 0.29) is 11.7 Å². The topological polar surface area (TPSA) is 32.9 Å². The molecule has 0 radical (unpaired) electrons. The molecule has 0 saturated carbocycles. The molecule has 2 aromatic carbocycles. The molecule has 0 unspecified atom stereocenters. The number of aromatic amines is 1. The number of benzene rings is 2. The Bertz CT molecular complexity index is 1110. The van der Waals surface area contributed by atoms with Gasteiger partial charge in [0.15, 0.2) is 5.78 Å². The van der Waals surface area contributed by atoms with Crippen molar-refractivity contribution in [1.29, 1.82) is 0 Å². The molecule has 4 aromatic rings. The lowest BCUT2D eigenvalue weighted by atomic mass is 9.67. The van der Waals surface area contributed by atoms with Crippen molar-refractivity contribution in [2.75, 3.05) is 0 Å². The van der Waals surface area contributed by atoms with Gasteiger partial charge in [0, 0.05) is 27.9 Å². The van der Waals surface area contributed by atoms with Crippen LogP contribution in [0.4, 0.5) is 0 Å². The number of carbonyl (C=O) groups is 1.